The number of rotatable bonds is 4. The minimum absolute atomic E-state index is 0.0419. The molecule has 3 rings (SSSR count). The van der Waals surface area contributed by atoms with Crippen LogP contribution in [0.25, 0.3) is 0 Å². The smallest absolute Gasteiger partial charge is 0.0951 e. The van der Waals surface area contributed by atoms with E-state index in [1.165, 1.54) is 45.2 Å². The summed E-state index contributed by atoms with van der Waals surface area (Å²) in [4.78, 5) is 2.57. The standard InChI is InChI=1S/C16H30N2O2/c1-18(9-5-14-4-2-3-8-17-14)15-6-10-20-16(12-15)7-11-19-13-16/h14-15,17H,2-13H2,1H3. The third kappa shape index (κ3) is 3.53. The van der Waals surface area contributed by atoms with Crippen LogP contribution in [0.1, 0.15) is 44.9 Å². The Bertz CT molecular complexity index is 299. The Kier molecular flexibility index (Phi) is 4.97. The highest BCUT2D eigenvalue weighted by molar-refractivity contribution is 4.93. The predicted molar refractivity (Wildman–Crippen MR) is 80.0 cm³/mol. The van der Waals surface area contributed by atoms with Gasteiger partial charge in [0.15, 0.2) is 0 Å². The molecule has 3 fully saturated rings. The zero-order valence-corrected chi connectivity index (χ0v) is 12.9. The number of ether oxygens (including phenoxy) is 2. The lowest BCUT2D eigenvalue weighted by Gasteiger charge is -2.41. The Labute approximate surface area is 123 Å². The molecule has 3 unspecified atom stereocenters. The molecule has 1 N–H and O–H groups in total. The van der Waals surface area contributed by atoms with Crippen LogP contribution in [0.4, 0.5) is 0 Å². The van der Waals surface area contributed by atoms with Crippen molar-refractivity contribution in [3.05, 3.63) is 0 Å². The van der Waals surface area contributed by atoms with Gasteiger partial charge in [-0.2, -0.15) is 0 Å². The zero-order chi connectivity index (χ0) is 13.8. The second kappa shape index (κ2) is 6.73. The lowest BCUT2D eigenvalue weighted by atomic mass is 9.89. The van der Waals surface area contributed by atoms with E-state index < -0.39 is 0 Å². The van der Waals surface area contributed by atoms with E-state index in [2.05, 4.69) is 17.3 Å². The van der Waals surface area contributed by atoms with Crippen molar-refractivity contribution in [1.82, 2.24) is 10.2 Å². The first-order valence-electron chi connectivity index (χ1n) is 8.43. The molecule has 0 bridgehead atoms. The molecule has 3 aliphatic rings. The van der Waals surface area contributed by atoms with Crippen molar-refractivity contribution in [1.29, 1.82) is 0 Å². The van der Waals surface area contributed by atoms with Crippen LogP contribution in [0.15, 0.2) is 0 Å². The van der Waals surface area contributed by atoms with Crippen molar-refractivity contribution in [2.75, 3.05) is 40.0 Å². The maximum absolute atomic E-state index is 6.04. The molecule has 116 valence electrons. The van der Waals surface area contributed by atoms with Crippen LogP contribution >= 0.6 is 0 Å². The lowest BCUT2D eigenvalue weighted by Crippen LogP contribution is -2.49. The van der Waals surface area contributed by atoms with Crippen molar-refractivity contribution >= 4 is 0 Å². The number of hydrogen-bond acceptors (Lipinski definition) is 4. The summed E-state index contributed by atoms with van der Waals surface area (Å²) in [6, 6.07) is 1.42. The number of piperidine rings is 1. The first-order valence-corrected chi connectivity index (χ1v) is 8.43. The molecule has 1 spiro atoms. The summed E-state index contributed by atoms with van der Waals surface area (Å²) in [5.74, 6) is 0. The largest absolute Gasteiger partial charge is 0.378 e. The van der Waals surface area contributed by atoms with Gasteiger partial charge in [-0.15, -0.1) is 0 Å². The van der Waals surface area contributed by atoms with Gasteiger partial charge in [-0.1, -0.05) is 6.42 Å². The monoisotopic (exact) mass is 282 g/mol. The highest BCUT2D eigenvalue weighted by Crippen LogP contribution is 2.34. The highest BCUT2D eigenvalue weighted by atomic mass is 16.6. The fraction of sp³-hybridized carbons (Fsp3) is 1.00. The maximum atomic E-state index is 6.04. The van der Waals surface area contributed by atoms with Crippen LogP contribution in [0.3, 0.4) is 0 Å². The molecule has 4 heteroatoms. The van der Waals surface area contributed by atoms with Gasteiger partial charge < -0.3 is 19.7 Å². The van der Waals surface area contributed by atoms with Crippen LogP contribution in [0.2, 0.25) is 0 Å². The molecular weight excluding hydrogens is 252 g/mol. The molecule has 0 aromatic carbocycles. The van der Waals surface area contributed by atoms with E-state index in [-0.39, 0.29) is 5.60 Å². The molecule has 3 saturated heterocycles. The van der Waals surface area contributed by atoms with Crippen molar-refractivity contribution in [3.63, 3.8) is 0 Å². The topological polar surface area (TPSA) is 33.7 Å². The van der Waals surface area contributed by atoms with E-state index in [0.717, 1.165) is 38.7 Å². The van der Waals surface area contributed by atoms with Gasteiger partial charge in [0.1, 0.15) is 0 Å². The Balaban J connectivity index is 1.45. The van der Waals surface area contributed by atoms with Gasteiger partial charge in [0, 0.05) is 31.7 Å². The summed E-state index contributed by atoms with van der Waals surface area (Å²) >= 11 is 0. The maximum Gasteiger partial charge on any atom is 0.0951 e. The molecule has 3 heterocycles. The summed E-state index contributed by atoms with van der Waals surface area (Å²) in [5.41, 5.74) is 0.0419. The first-order chi connectivity index (χ1) is 9.77. The average Bonchev–Trinajstić information content (AvgIpc) is 2.93. The van der Waals surface area contributed by atoms with Gasteiger partial charge in [-0.05, 0) is 52.2 Å². The molecule has 3 atom stereocenters. The predicted octanol–water partition coefficient (Wildman–Crippen LogP) is 1.79. The Hall–Kier alpha value is -0.160. The van der Waals surface area contributed by atoms with Gasteiger partial charge in [-0.3, -0.25) is 0 Å². The Morgan fingerprint density at radius 2 is 2.20 bits per heavy atom. The van der Waals surface area contributed by atoms with Crippen molar-refractivity contribution in [3.8, 4) is 0 Å². The summed E-state index contributed by atoms with van der Waals surface area (Å²) in [5, 5.41) is 3.65. The Morgan fingerprint density at radius 3 is 2.95 bits per heavy atom. The summed E-state index contributed by atoms with van der Waals surface area (Å²) in [6.07, 6.45) is 8.82. The molecule has 0 amide bonds. The molecule has 0 aromatic rings. The molecule has 0 aromatic heterocycles. The van der Waals surface area contributed by atoms with Crippen LogP contribution in [0, 0.1) is 0 Å². The van der Waals surface area contributed by atoms with E-state index in [0.29, 0.717) is 6.04 Å². The third-order valence-corrected chi connectivity index (χ3v) is 5.40. The quantitative estimate of drug-likeness (QED) is 0.852. The fourth-order valence-corrected chi connectivity index (χ4v) is 3.95. The van der Waals surface area contributed by atoms with Crippen LogP contribution < -0.4 is 5.32 Å². The summed E-state index contributed by atoms with van der Waals surface area (Å²) in [6.45, 7) is 5.01. The lowest BCUT2D eigenvalue weighted by molar-refractivity contribution is -0.104. The normalized spacial score (nSPS) is 38.7. The van der Waals surface area contributed by atoms with Crippen molar-refractivity contribution < 1.29 is 9.47 Å². The zero-order valence-electron chi connectivity index (χ0n) is 12.9. The minimum atomic E-state index is 0.0419. The van der Waals surface area contributed by atoms with Gasteiger partial charge in [-0.25, -0.2) is 0 Å². The number of nitrogens with one attached hydrogen (secondary N) is 1. The number of nitrogens with zero attached hydrogens (tertiary/aromatic N) is 1. The van der Waals surface area contributed by atoms with Crippen LogP contribution in [0.5, 0.6) is 0 Å². The third-order valence-electron chi connectivity index (χ3n) is 5.40. The first kappa shape index (κ1) is 14.8. The summed E-state index contributed by atoms with van der Waals surface area (Å²) in [7, 11) is 2.29. The molecular formula is C16H30N2O2. The Morgan fingerprint density at radius 1 is 1.25 bits per heavy atom. The summed E-state index contributed by atoms with van der Waals surface area (Å²) < 4.78 is 11.6. The fourth-order valence-electron chi connectivity index (χ4n) is 3.95. The number of hydrogen-bond donors (Lipinski definition) is 1. The molecule has 0 aliphatic carbocycles. The van der Waals surface area contributed by atoms with E-state index in [1.54, 1.807) is 0 Å². The SMILES string of the molecule is CN(CCC1CCCCN1)C1CCOC2(CCOC2)C1. The second-order valence-electron chi connectivity index (χ2n) is 6.90. The van der Waals surface area contributed by atoms with Crippen LogP contribution in [-0.2, 0) is 9.47 Å². The van der Waals surface area contributed by atoms with Crippen molar-refractivity contribution in [2.45, 2.75) is 62.6 Å². The molecule has 0 radical (unpaired) electrons. The molecule has 3 aliphatic heterocycles. The van der Waals surface area contributed by atoms with E-state index in [4.69, 9.17) is 9.47 Å². The van der Waals surface area contributed by atoms with Gasteiger partial charge >= 0.3 is 0 Å². The van der Waals surface area contributed by atoms with Gasteiger partial charge in [0.25, 0.3) is 0 Å². The van der Waals surface area contributed by atoms with E-state index in [9.17, 15) is 0 Å². The minimum Gasteiger partial charge on any atom is -0.378 e. The van der Waals surface area contributed by atoms with E-state index >= 15 is 0 Å². The van der Waals surface area contributed by atoms with Crippen molar-refractivity contribution in [2.24, 2.45) is 0 Å². The molecule has 0 saturated carbocycles. The average molecular weight is 282 g/mol. The molecule has 20 heavy (non-hydrogen) atoms. The van der Waals surface area contributed by atoms with E-state index in [1.807, 2.05) is 0 Å². The van der Waals surface area contributed by atoms with Crippen LogP contribution in [-0.4, -0.2) is 62.5 Å². The van der Waals surface area contributed by atoms with Gasteiger partial charge in [0.05, 0.1) is 12.2 Å². The molecule has 4 nitrogen and oxygen atoms in total. The second-order valence-corrected chi connectivity index (χ2v) is 6.90. The van der Waals surface area contributed by atoms with Gasteiger partial charge in [0.2, 0.25) is 0 Å². The highest BCUT2D eigenvalue weighted by Gasteiger charge is 2.41.